The molecule has 1 aromatic rings. The molecule has 0 saturated carbocycles. The van der Waals surface area contributed by atoms with Gasteiger partial charge in [-0.1, -0.05) is 13.8 Å². The quantitative estimate of drug-likeness (QED) is 0.893. The molecule has 3 nitrogen and oxygen atoms in total. The van der Waals surface area contributed by atoms with Gasteiger partial charge in [0.25, 0.3) is 0 Å². The zero-order valence-electron chi connectivity index (χ0n) is 7.45. The largest absolute Gasteiger partial charge is 0.481 e. The first-order chi connectivity index (χ1) is 6.02. The fraction of sp³-hybridized carbons (Fsp3) is 0.444. The van der Waals surface area contributed by atoms with Crippen LogP contribution in [-0.4, -0.2) is 11.1 Å². The number of hydrogen-bond acceptors (Lipinski definition) is 2. The third kappa shape index (κ3) is 2.34. The van der Waals surface area contributed by atoms with E-state index in [4.69, 9.17) is 9.52 Å². The molecule has 0 saturated heterocycles. The molecule has 1 heterocycles. The third-order valence-electron chi connectivity index (χ3n) is 1.83. The molecule has 0 aliphatic carbocycles. The second kappa shape index (κ2) is 3.96. The highest BCUT2D eigenvalue weighted by Gasteiger charge is 2.26. The van der Waals surface area contributed by atoms with Gasteiger partial charge in [-0.25, -0.2) is 0 Å². The third-order valence-corrected chi connectivity index (χ3v) is 2.26. The van der Waals surface area contributed by atoms with Gasteiger partial charge in [0.1, 0.15) is 11.7 Å². The molecule has 0 aliphatic heterocycles. The number of furan rings is 1. The van der Waals surface area contributed by atoms with Crippen molar-refractivity contribution in [1.82, 2.24) is 0 Å². The smallest absolute Gasteiger partial charge is 0.314 e. The van der Waals surface area contributed by atoms with E-state index in [2.05, 4.69) is 15.9 Å². The highest BCUT2D eigenvalue weighted by Crippen LogP contribution is 2.28. The minimum Gasteiger partial charge on any atom is -0.481 e. The Kier molecular flexibility index (Phi) is 3.14. The second-order valence-electron chi connectivity index (χ2n) is 3.20. The van der Waals surface area contributed by atoms with Gasteiger partial charge in [-0.3, -0.25) is 4.79 Å². The molecule has 72 valence electrons. The molecule has 1 aromatic heterocycles. The van der Waals surface area contributed by atoms with E-state index in [1.54, 1.807) is 12.1 Å². The lowest BCUT2D eigenvalue weighted by Crippen LogP contribution is -2.16. The fourth-order valence-corrected chi connectivity index (χ4v) is 1.55. The molecule has 1 rings (SSSR count). The number of rotatable bonds is 3. The van der Waals surface area contributed by atoms with Crippen molar-refractivity contribution in [2.75, 3.05) is 0 Å². The van der Waals surface area contributed by atoms with Crippen LogP contribution in [0, 0.1) is 5.92 Å². The predicted molar refractivity (Wildman–Crippen MR) is 51.6 cm³/mol. The van der Waals surface area contributed by atoms with Gasteiger partial charge in [0.05, 0.1) is 0 Å². The Labute approximate surface area is 84.9 Å². The van der Waals surface area contributed by atoms with Crippen molar-refractivity contribution in [1.29, 1.82) is 0 Å². The van der Waals surface area contributed by atoms with E-state index in [0.717, 1.165) is 0 Å². The molecule has 13 heavy (non-hydrogen) atoms. The second-order valence-corrected chi connectivity index (χ2v) is 3.98. The van der Waals surface area contributed by atoms with E-state index in [0.29, 0.717) is 10.4 Å². The molecule has 0 bridgehead atoms. The molecule has 4 heteroatoms. The molecule has 0 spiro atoms. The van der Waals surface area contributed by atoms with E-state index < -0.39 is 11.9 Å². The summed E-state index contributed by atoms with van der Waals surface area (Å²) in [4.78, 5) is 10.9. The Hall–Kier alpha value is -0.770. The van der Waals surface area contributed by atoms with Gasteiger partial charge in [0.15, 0.2) is 4.67 Å². The van der Waals surface area contributed by atoms with Crippen LogP contribution in [0.3, 0.4) is 0 Å². The van der Waals surface area contributed by atoms with Gasteiger partial charge < -0.3 is 9.52 Å². The average Bonchev–Trinajstić information content (AvgIpc) is 2.34. The number of aliphatic carboxylic acids is 1. The molecule has 0 fully saturated rings. The van der Waals surface area contributed by atoms with Crippen molar-refractivity contribution >= 4 is 21.9 Å². The van der Waals surface area contributed by atoms with Gasteiger partial charge in [-0.05, 0) is 34.0 Å². The lowest BCUT2D eigenvalue weighted by Gasteiger charge is -2.12. The van der Waals surface area contributed by atoms with Gasteiger partial charge in [0.2, 0.25) is 0 Å². The Morgan fingerprint density at radius 3 is 2.46 bits per heavy atom. The maximum Gasteiger partial charge on any atom is 0.314 e. The van der Waals surface area contributed by atoms with Crippen LogP contribution in [0.1, 0.15) is 25.5 Å². The highest BCUT2D eigenvalue weighted by molar-refractivity contribution is 9.10. The summed E-state index contributed by atoms with van der Waals surface area (Å²) in [7, 11) is 0. The van der Waals surface area contributed by atoms with Crippen LogP contribution in [-0.2, 0) is 4.79 Å². The zero-order valence-corrected chi connectivity index (χ0v) is 9.04. The number of halogens is 1. The maximum atomic E-state index is 10.9. The van der Waals surface area contributed by atoms with Crippen molar-refractivity contribution in [3.8, 4) is 0 Å². The summed E-state index contributed by atoms with van der Waals surface area (Å²) in [6.45, 7) is 3.71. The Balaban J connectivity index is 2.95. The molecular weight excluding hydrogens is 236 g/mol. The fourth-order valence-electron chi connectivity index (χ4n) is 1.23. The van der Waals surface area contributed by atoms with Crippen molar-refractivity contribution < 1.29 is 14.3 Å². The summed E-state index contributed by atoms with van der Waals surface area (Å²) in [6, 6.07) is 3.39. The first kappa shape index (κ1) is 10.3. The summed E-state index contributed by atoms with van der Waals surface area (Å²) in [5, 5.41) is 8.93. The molecular formula is C9H11BrO3. The van der Waals surface area contributed by atoms with E-state index in [-0.39, 0.29) is 5.92 Å². The van der Waals surface area contributed by atoms with Gasteiger partial charge >= 0.3 is 5.97 Å². The first-order valence-corrected chi connectivity index (χ1v) is 4.79. The van der Waals surface area contributed by atoms with Crippen molar-refractivity contribution in [2.24, 2.45) is 5.92 Å². The minimum atomic E-state index is -0.850. The monoisotopic (exact) mass is 246 g/mol. The summed E-state index contributed by atoms with van der Waals surface area (Å²) >= 11 is 3.14. The van der Waals surface area contributed by atoms with Gasteiger partial charge in [0, 0.05) is 0 Å². The lowest BCUT2D eigenvalue weighted by atomic mass is 9.94. The predicted octanol–water partition coefficient (Wildman–Crippen LogP) is 2.87. The first-order valence-electron chi connectivity index (χ1n) is 4.00. The summed E-state index contributed by atoms with van der Waals surface area (Å²) in [6.07, 6.45) is 0. The Morgan fingerprint density at radius 1 is 1.54 bits per heavy atom. The molecule has 0 radical (unpaired) electrons. The van der Waals surface area contributed by atoms with Gasteiger partial charge in [-0.2, -0.15) is 0 Å². The molecule has 1 unspecified atom stereocenters. The minimum absolute atomic E-state index is 0.0237. The van der Waals surface area contributed by atoms with Crippen LogP contribution in [0.4, 0.5) is 0 Å². The number of carboxylic acid groups (broad SMARTS) is 1. The van der Waals surface area contributed by atoms with E-state index >= 15 is 0 Å². The number of carboxylic acids is 1. The maximum absolute atomic E-state index is 10.9. The van der Waals surface area contributed by atoms with Crippen LogP contribution < -0.4 is 0 Å². The van der Waals surface area contributed by atoms with E-state index in [9.17, 15) is 4.79 Å². The summed E-state index contributed by atoms with van der Waals surface area (Å²) in [5.41, 5.74) is 0. The van der Waals surface area contributed by atoms with Crippen molar-refractivity contribution in [2.45, 2.75) is 19.8 Å². The van der Waals surface area contributed by atoms with Crippen molar-refractivity contribution in [3.05, 3.63) is 22.6 Å². The molecule has 0 amide bonds. The normalized spacial score (nSPS) is 13.2. The Morgan fingerprint density at radius 2 is 2.15 bits per heavy atom. The SMILES string of the molecule is CC(C)C(C(=O)O)c1ccc(Br)o1. The Bertz CT molecular complexity index is 304. The molecule has 1 N–H and O–H groups in total. The lowest BCUT2D eigenvalue weighted by molar-refractivity contribution is -0.140. The van der Waals surface area contributed by atoms with Crippen LogP contribution in [0.5, 0.6) is 0 Å². The molecule has 0 aliphatic rings. The standard InChI is InChI=1S/C9H11BrO3/c1-5(2)8(9(11)12)6-3-4-7(10)13-6/h3-5,8H,1-2H3,(H,11,12). The van der Waals surface area contributed by atoms with Crippen LogP contribution in [0.2, 0.25) is 0 Å². The number of carbonyl (C=O) groups is 1. The van der Waals surface area contributed by atoms with Crippen molar-refractivity contribution in [3.63, 3.8) is 0 Å². The summed E-state index contributed by atoms with van der Waals surface area (Å²) < 4.78 is 5.77. The zero-order chi connectivity index (χ0) is 10.0. The molecule has 1 atom stereocenters. The van der Waals surface area contributed by atoms with Crippen LogP contribution >= 0.6 is 15.9 Å². The topological polar surface area (TPSA) is 50.4 Å². The van der Waals surface area contributed by atoms with E-state index in [1.165, 1.54) is 0 Å². The average molecular weight is 247 g/mol. The number of hydrogen-bond donors (Lipinski definition) is 1. The van der Waals surface area contributed by atoms with Crippen LogP contribution in [0.25, 0.3) is 0 Å². The molecule has 0 aromatic carbocycles. The van der Waals surface area contributed by atoms with Crippen LogP contribution in [0.15, 0.2) is 21.2 Å². The summed E-state index contributed by atoms with van der Waals surface area (Å²) in [5.74, 6) is -0.895. The van der Waals surface area contributed by atoms with Gasteiger partial charge in [-0.15, -0.1) is 0 Å². The highest BCUT2D eigenvalue weighted by atomic mass is 79.9. The van der Waals surface area contributed by atoms with E-state index in [1.807, 2.05) is 13.8 Å².